The highest BCUT2D eigenvalue weighted by atomic mass is 19.4. The van der Waals surface area contributed by atoms with Gasteiger partial charge in [-0.1, -0.05) is 6.07 Å². The van der Waals surface area contributed by atoms with Crippen molar-refractivity contribution in [3.8, 4) is 11.1 Å². The maximum Gasteiger partial charge on any atom is 0.416 e. The standard InChI is InChI=1S/C32H33F7N4O/c1-19-12-23(33)7-8-25(19)26-16-28(43-11-10-42-9-5-6-24(42)18-43)40-17-27(26)41(4)29(44)30(2,3)20-13-21(31(34,35)36)15-22(14-20)32(37,38)39/h7-8,12-17,24H,5-6,9-11,18H2,1-4H3. The summed E-state index contributed by atoms with van der Waals surface area (Å²) in [4.78, 5) is 24.4. The van der Waals surface area contributed by atoms with Crippen molar-refractivity contribution < 1.29 is 35.5 Å². The average molecular weight is 623 g/mol. The quantitative estimate of drug-likeness (QED) is 0.277. The number of rotatable bonds is 5. The maximum atomic E-state index is 14.1. The molecule has 2 fully saturated rings. The average Bonchev–Trinajstić information content (AvgIpc) is 3.43. The molecule has 1 aromatic heterocycles. The van der Waals surface area contributed by atoms with Crippen LogP contribution in [0.5, 0.6) is 0 Å². The zero-order valence-electron chi connectivity index (χ0n) is 24.8. The minimum Gasteiger partial charge on any atom is -0.354 e. The van der Waals surface area contributed by atoms with Crippen molar-refractivity contribution in [2.75, 3.05) is 43.0 Å². The molecule has 0 radical (unpaired) electrons. The predicted octanol–water partition coefficient (Wildman–Crippen LogP) is 7.46. The molecule has 1 amide bonds. The van der Waals surface area contributed by atoms with Crippen LogP contribution in [0.1, 0.15) is 48.9 Å². The number of amides is 1. The van der Waals surface area contributed by atoms with Crippen LogP contribution in [0, 0.1) is 12.7 Å². The Hall–Kier alpha value is -3.67. The van der Waals surface area contributed by atoms with E-state index < -0.39 is 46.2 Å². The fourth-order valence-corrected chi connectivity index (χ4v) is 6.19. The Bertz CT molecular complexity index is 1530. The lowest BCUT2D eigenvalue weighted by molar-refractivity contribution is -0.143. The number of hydrogen-bond donors (Lipinski definition) is 0. The number of aryl methyl sites for hydroxylation is 1. The van der Waals surface area contributed by atoms with E-state index in [1.807, 2.05) is 6.07 Å². The molecule has 2 aromatic carbocycles. The van der Waals surface area contributed by atoms with E-state index in [2.05, 4.69) is 14.8 Å². The third-order valence-electron chi connectivity index (χ3n) is 8.77. The van der Waals surface area contributed by atoms with Gasteiger partial charge in [-0.25, -0.2) is 9.37 Å². The lowest BCUT2D eigenvalue weighted by atomic mass is 9.81. The molecule has 2 aliphatic heterocycles. The summed E-state index contributed by atoms with van der Waals surface area (Å²) in [5.41, 5.74) is -3.23. The van der Waals surface area contributed by atoms with Crippen LogP contribution in [0.15, 0.2) is 48.7 Å². The number of carbonyl (C=O) groups is 1. The summed E-state index contributed by atoms with van der Waals surface area (Å²) >= 11 is 0. The molecule has 12 heteroatoms. The number of carbonyl (C=O) groups excluding carboxylic acids is 1. The van der Waals surface area contributed by atoms with Gasteiger partial charge < -0.3 is 9.80 Å². The van der Waals surface area contributed by atoms with Crippen molar-refractivity contribution in [1.82, 2.24) is 9.88 Å². The molecule has 5 rings (SSSR count). The van der Waals surface area contributed by atoms with Gasteiger partial charge in [-0.2, -0.15) is 26.3 Å². The van der Waals surface area contributed by atoms with E-state index in [0.29, 0.717) is 40.7 Å². The fraction of sp³-hybridized carbons (Fsp3) is 0.438. The molecular formula is C32H33F7N4O. The number of nitrogens with zero attached hydrogens (tertiary/aromatic N) is 4. The first kappa shape index (κ1) is 31.7. The number of halogens is 7. The van der Waals surface area contributed by atoms with Crippen molar-refractivity contribution in [1.29, 1.82) is 0 Å². The molecule has 44 heavy (non-hydrogen) atoms. The summed E-state index contributed by atoms with van der Waals surface area (Å²) in [5, 5.41) is 0. The fourth-order valence-electron chi connectivity index (χ4n) is 6.19. The summed E-state index contributed by atoms with van der Waals surface area (Å²) in [7, 11) is 1.40. The van der Waals surface area contributed by atoms with Crippen molar-refractivity contribution in [2.24, 2.45) is 0 Å². The molecule has 0 bridgehead atoms. The Morgan fingerprint density at radius 2 is 1.52 bits per heavy atom. The van der Waals surface area contributed by atoms with Crippen molar-refractivity contribution in [3.05, 3.63) is 76.7 Å². The molecule has 0 saturated carbocycles. The lowest BCUT2D eigenvalue weighted by Gasteiger charge is -2.38. The van der Waals surface area contributed by atoms with E-state index in [1.54, 1.807) is 13.0 Å². The number of piperazine rings is 1. The molecule has 2 saturated heterocycles. The second-order valence-corrected chi connectivity index (χ2v) is 12.1. The Kier molecular flexibility index (Phi) is 8.19. The highest BCUT2D eigenvalue weighted by Gasteiger charge is 2.41. The first-order valence-corrected chi connectivity index (χ1v) is 14.3. The number of alkyl halides is 6. The number of hydrogen-bond acceptors (Lipinski definition) is 4. The summed E-state index contributed by atoms with van der Waals surface area (Å²) in [6, 6.07) is 7.63. The van der Waals surface area contributed by atoms with Gasteiger partial charge in [0.25, 0.3) is 0 Å². The zero-order chi connectivity index (χ0) is 32.2. The molecule has 5 nitrogen and oxygen atoms in total. The van der Waals surface area contributed by atoms with Gasteiger partial charge in [0.15, 0.2) is 0 Å². The molecule has 1 unspecified atom stereocenters. The minimum atomic E-state index is -5.06. The van der Waals surface area contributed by atoms with E-state index >= 15 is 0 Å². The highest BCUT2D eigenvalue weighted by molar-refractivity contribution is 6.03. The number of aromatic nitrogens is 1. The first-order valence-electron chi connectivity index (χ1n) is 14.3. The van der Waals surface area contributed by atoms with Crippen molar-refractivity contribution >= 4 is 17.4 Å². The monoisotopic (exact) mass is 622 g/mol. The number of anilines is 2. The van der Waals surface area contributed by atoms with E-state index in [9.17, 15) is 35.5 Å². The second kappa shape index (κ2) is 11.4. The van der Waals surface area contributed by atoms with Gasteiger partial charge in [0.2, 0.25) is 5.91 Å². The minimum absolute atomic E-state index is 0.0389. The molecule has 0 aliphatic carbocycles. The molecule has 2 aliphatic rings. The largest absolute Gasteiger partial charge is 0.416 e. The molecule has 236 valence electrons. The molecule has 0 spiro atoms. The molecule has 1 atom stereocenters. The van der Waals surface area contributed by atoms with E-state index in [0.717, 1.165) is 39.0 Å². The molecular weight excluding hydrogens is 589 g/mol. The Balaban J connectivity index is 1.56. The van der Waals surface area contributed by atoms with Crippen LogP contribution in [0.2, 0.25) is 0 Å². The SMILES string of the molecule is Cc1cc(F)ccc1-c1cc(N2CCN3CCCC3C2)ncc1N(C)C(=O)C(C)(C)c1cc(C(F)(F)F)cc(C(F)(F)F)c1. The van der Waals surface area contributed by atoms with E-state index in [4.69, 9.17) is 0 Å². The number of benzene rings is 2. The van der Waals surface area contributed by atoms with Crippen LogP contribution in [-0.2, 0) is 22.6 Å². The molecule has 0 N–H and O–H groups in total. The Morgan fingerprint density at radius 1 is 0.886 bits per heavy atom. The Labute approximate surface area is 251 Å². The number of likely N-dealkylation sites (N-methyl/N-ethyl adjacent to an activating group) is 1. The number of pyridine rings is 1. The van der Waals surface area contributed by atoms with Gasteiger partial charge >= 0.3 is 12.4 Å². The van der Waals surface area contributed by atoms with Gasteiger partial charge in [-0.3, -0.25) is 9.69 Å². The highest BCUT2D eigenvalue weighted by Crippen LogP contribution is 2.41. The van der Waals surface area contributed by atoms with Crippen molar-refractivity contribution in [3.63, 3.8) is 0 Å². The number of fused-ring (bicyclic) bond motifs is 1. The van der Waals surface area contributed by atoms with Crippen LogP contribution >= 0.6 is 0 Å². The third-order valence-corrected chi connectivity index (χ3v) is 8.77. The maximum absolute atomic E-state index is 14.1. The van der Waals surface area contributed by atoms with Crippen LogP contribution in [0.25, 0.3) is 11.1 Å². The van der Waals surface area contributed by atoms with Gasteiger partial charge in [0, 0.05) is 38.3 Å². The predicted molar refractivity (Wildman–Crippen MR) is 154 cm³/mol. The lowest BCUT2D eigenvalue weighted by Crippen LogP contribution is -2.50. The topological polar surface area (TPSA) is 39.7 Å². The van der Waals surface area contributed by atoms with Crippen LogP contribution in [0.3, 0.4) is 0 Å². The van der Waals surface area contributed by atoms with E-state index in [1.165, 1.54) is 44.1 Å². The smallest absolute Gasteiger partial charge is 0.354 e. The van der Waals surface area contributed by atoms with Crippen molar-refractivity contribution in [2.45, 2.75) is 57.4 Å². The van der Waals surface area contributed by atoms with Gasteiger partial charge in [0.1, 0.15) is 11.6 Å². The third kappa shape index (κ3) is 6.13. The van der Waals surface area contributed by atoms with Gasteiger partial charge in [0.05, 0.1) is 28.4 Å². The first-order chi connectivity index (χ1) is 20.5. The van der Waals surface area contributed by atoms with Crippen LogP contribution in [0.4, 0.5) is 42.2 Å². The molecule has 3 heterocycles. The van der Waals surface area contributed by atoms with Crippen LogP contribution in [-0.4, -0.2) is 55.1 Å². The summed E-state index contributed by atoms with van der Waals surface area (Å²) in [6.45, 7) is 7.73. The van der Waals surface area contributed by atoms with Crippen LogP contribution < -0.4 is 9.80 Å². The Morgan fingerprint density at radius 3 is 2.14 bits per heavy atom. The normalized spacial score (nSPS) is 18.0. The van der Waals surface area contributed by atoms with E-state index in [-0.39, 0.29) is 11.8 Å². The van der Waals surface area contributed by atoms with Gasteiger partial charge in [-0.05, 0) is 93.2 Å². The summed E-state index contributed by atoms with van der Waals surface area (Å²) in [6.07, 6.45) is -6.42. The zero-order valence-corrected chi connectivity index (χ0v) is 24.8. The summed E-state index contributed by atoms with van der Waals surface area (Å²) in [5.74, 6) is -0.540. The van der Waals surface area contributed by atoms with Gasteiger partial charge in [-0.15, -0.1) is 0 Å². The molecule has 3 aromatic rings. The second-order valence-electron chi connectivity index (χ2n) is 12.1. The summed E-state index contributed by atoms with van der Waals surface area (Å²) < 4.78 is 95.8.